The van der Waals surface area contributed by atoms with Crippen molar-refractivity contribution in [1.82, 2.24) is 34.4 Å². The van der Waals surface area contributed by atoms with Gasteiger partial charge in [-0.25, -0.2) is 31.0 Å². The lowest BCUT2D eigenvalue weighted by Crippen LogP contribution is -2.35. The van der Waals surface area contributed by atoms with Gasteiger partial charge in [-0.1, -0.05) is 17.7 Å². The first-order valence-corrected chi connectivity index (χ1v) is 18.8. The molecule has 0 spiro atoms. The third kappa shape index (κ3) is 6.04. The van der Waals surface area contributed by atoms with Crippen molar-refractivity contribution in [2.24, 2.45) is 20.0 Å². The predicted molar refractivity (Wildman–Crippen MR) is 187 cm³/mol. The molecule has 19 heteroatoms. The standard InChI is InChI=1S/C35H29ClF6N8O3S/c1-48-7-6-23-25(48)13-19(18-4-5-22(36)28-31(18)49(2)46-34(28)47-54(3,52)53)29(44-23)24(10-15-8-16(37)11-17(38)9-15)43-26(51)14-50-32-27(30(45-50)33(39)40)20-12-21(20)35(32,41)42/h4-9,11,13,20-21,24,33H,10,12,14H2,1-3H3,(H,43,51)(H,46,47)/t20-,21+,24+/m0/s1. The lowest BCUT2D eigenvalue weighted by Gasteiger charge is -2.23. The summed E-state index contributed by atoms with van der Waals surface area (Å²) in [7, 11) is -0.463. The number of anilines is 1. The van der Waals surface area contributed by atoms with E-state index in [1.165, 1.54) is 10.7 Å². The Hall–Kier alpha value is -5.10. The van der Waals surface area contributed by atoms with Crippen molar-refractivity contribution in [2.75, 3.05) is 11.0 Å². The second-order valence-electron chi connectivity index (χ2n) is 13.7. The van der Waals surface area contributed by atoms with Crippen molar-refractivity contribution in [2.45, 2.75) is 43.7 Å². The van der Waals surface area contributed by atoms with Crippen molar-refractivity contribution in [1.29, 1.82) is 0 Å². The van der Waals surface area contributed by atoms with Gasteiger partial charge in [0.25, 0.3) is 12.3 Å². The smallest absolute Gasteiger partial charge is 0.293 e. The molecule has 8 rings (SSSR count). The fourth-order valence-electron chi connectivity index (χ4n) is 7.66. The molecular formula is C35H29ClF6N8O3S. The number of aryl methyl sites for hydroxylation is 2. The Kier molecular flexibility index (Phi) is 8.29. The lowest BCUT2D eigenvalue weighted by molar-refractivity contribution is -0.123. The molecule has 1 amide bonds. The predicted octanol–water partition coefficient (Wildman–Crippen LogP) is 6.87. The summed E-state index contributed by atoms with van der Waals surface area (Å²) in [6.45, 7) is -0.867. The molecule has 6 aromatic rings. The average molecular weight is 791 g/mol. The maximum Gasteiger partial charge on any atom is 0.293 e. The van der Waals surface area contributed by atoms with Crippen LogP contribution in [0, 0.1) is 17.6 Å². The molecule has 0 radical (unpaired) electrons. The molecule has 0 aliphatic heterocycles. The van der Waals surface area contributed by atoms with Crippen LogP contribution in [0.5, 0.6) is 0 Å². The van der Waals surface area contributed by atoms with Gasteiger partial charge < -0.3 is 9.88 Å². The van der Waals surface area contributed by atoms with Gasteiger partial charge in [-0.3, -0.25) is 18.9 Å². The number of pyridine rings is 1. The molecule has 4 heterocycles. The normalized spacial score (nSPS) is 18.0. The minimum Gasteiger partial charge on any atom is -0.349 e. The van der Waals surface area contributed by atoms with Crippen molar-refractivity contribution < 1.29 is 39.6 Å². The summed E-state index contributed by atoms with van der Waals surface area (Å²) in [6, 6.07) is 8.21. The molecular weight excluding hydrogens is 762 g/mol. The van der Waals surface area contributed by atoms with E-state index in [-0.39, 0.29) is 45.9 Å². The van der Waals surface area contributed by atoms with Crippen LogP contribution in [0.4, 0.5) is 32.2 Å². The van der Waals surface area contributed by atoms with Gasteiger partial charge in [-0.2, -0.15) is 19.0 Å². The molecule has 0 saturated heterocycles. The molecule has 3 atom stereocenters. The molecule has 1 fully saturated rings. The third-order valence-electron chi connectivity index (χ3n) is 9.89. The zero-order chi connectivity index (χ0) is 38.6. The van der Waals surface area contributed by atoms with E-state index in [0.29, 0.717) is 38.4 Å². The Labute approximate surface area is 308 Å². The Morgan fingerprint density at radius 1 is 1.04 bits per heavy atom. The Balaban J connectivity index is 1.28. The van der Waals surface area contributed by atoms with Gasteiger partial charge in [0.05, 0.1) is 45.0 Å². The number of alkyl halides is 4. The SMILES string of the molecule is Cn1ccc2nc([C@@H](Cc3cc(F)cc(F)c3)NC(=O)Cn3nc(C(F)F)c4c3C(F)(F)[C@@H]3C[C@H]43)c(-c3ccc(Cl)c4c(NS(C)(=O)=O)nn(C)c34)cc21. The van der Waals surface area contributed by atoms with Crippen LogP contribution in [0.15, 0.2) is 48.7 Å². The summed E-state index contributed by atoms with van der Waals surface area (Å²) in [6.07, 6.45) is -0.675. The van der Waals surface area contributed by atoms with Crippen molar-refractivity contribution in [3.05, 3.63) is 93.5 Å². The zero-order valence-corrected chi connectivity index (χ0v) is 30.1. The molecule has 2 N–H and O–H groups in total. The van der Waals surface area contributed by atoms with Gasteiger partial charge >= 0.3 is 0 Å². The van der Waals surface area contributed by atoms with E-state index in [0.717, 1.165) is 18.4 Å². The molecule has 11 nitrogen and oxygen atoms in total. The van der Waals surface area contributed by atoms with E-state index >= 15 is 8.78 Å². The second-order valence-corrected chi connectivity index (χ2v) is 15.9. The number of amides is 1. The summed E-state index contributed by atoms with van der Waals surface area (Å²) < 4.78 is 118. The largest absolute Gasteiger partial charge is 0.349 e. The number of halogens is 7. The number of hydrogen-bond acceptors (Lipinski definition) is 6. The lowest BCUT2D eigenvalue weighted by atomic mass is 9.93. The van der Waals surface area contributed by atoms with Crippen LogP contribution in [0.3, 0.4) is 0 Å². The minimum absolute atomic E-state index is 0.0424. The molecule has 1 saturated carbocycles. The number of benzene rings is 2. The van der Waals surface area contributed by atoms with Crippen molar-refractivity contribution in [3.8, 4) is 11.1 Å². The third-order valence-corrected chi connectivity index (χ3v) is 10.8. The first-order valence-electron chi connectivity index (χ1n) is 16.5. The molecule has 4 aromatic heterocycles. The number of carbonyl (C=O) groups is 1. The van der Waals surface area contributed by atoms with Gasteiger partial charge in [0, 0.05) is 49.0 Å². The Morgan fingerprint density at radius 2 is 1.76 bits per heavy atom. The maximum atomic E-state index is 15.3. The summed E-state index contributed by atoms with van der Waals surface area (Å²) in [5, 5.41) is 11.3. The highest BCUT2D eigenvalue weighted by Gasteiger charge is 2.67. The number of rotatable bonds is 10. The van der Waals surface area contributed by atoms with E-state index in [9.17, 15) is 30.8 Å². The van der Waals surface area contributed by atoms with Crippen LogP contribution in [0.25, 0.3) is 33.1 Å². The number of hydrogen-bond donors (Lipinski definition) is 2. The molecule has 2 aromatic carbocycles. The highest BCUT2D eigenvalue weighted by Crippen LogP contribution is 2.68. The first-order chi connectivity index (χ1) is 25.4. The highest BCUT2D eigenvalue weighted by atomic mass is 35.5. The summed E-state index contributed by atoms with van der Waals surface area (Å²) in [5.74, 6) is -8.15. The topological polar surface area (TPSA) is 129 Å². The average Bonchev–Trinajstić information content (AvgIpc) is 3.41. The molecule has 0 unspecified atom stereocenters. The van der Waals surface area contributed by atoms with Crippen LogP contribution >= 0.6 is 11.6 Å². The summed E-state index contributed by atoms with van der Waals surface area (Å²) >= 11 is 6.60. The number of nitrogens with one attached hydrogen (secondary N) is 2. The van der Waals surface area contributed by atoms with E-state index in [1.54, 1.807) is 43.1 Å². The summed E-state index contributed by atoms with van der Waals surface area (Å²) in [4.78, 5) is 18.8. The number of carbonyl (C=O) groups excluding carboxylic acids is 1. The van der Waals surface area contributed by atoms with Crippen LogP contribution in [0.1, 0.15) is 53.0 Å². The number of aromatic nitrogens is 6. The van der Waals surface area contributed by atoms with E-state index in [1.807, 2.05) is 0 Å². The van der Waals surface area contributed by atoms with Crippen LogP contribution in [-0.4, -0.2) is 49.7 Å². The minimum atomic E-state index is -3.80. The van der Waals surface area contributed by atoms with Gasteiger partial charge in [-0.15, -0.1) is 0 Å². The number of fused-ring (bicyclic) bond motifs is 5. The van der Waals surface area contributed by atoms with Crippen LogP contribution in [-0.2, 0) is 47.8 Å². The molecule has 0 bridgehead atoms. The van der Waals surface area contributed by atoms with Crippen molar-refractivity contribution in [3.63, 3.8) is 0 Å². The zero-order valence-electron chi connectivity index (χ0n) is 28.5. The Morgan fingerprint density at radius 3 is 2.44 bits per heavy atom. The fourth-order valence-corrected chi connectivity index (χ4v) is 8.39. The first kappa shape index (κ1) is 35.9. The molecule has 2 aliphatic carbocycles. The van der Waals surface area contributed by atoms with Crippen LogP contribution < -0.4 is 10.0 Å². The summed E-state index contributed by atoms with van der Waals surface area (Å²) in [5.41, 5.74) is 0.766. The number of sulfonamides is 1. The van der Waals surface area contributed by atoms with Gasteiger partial charge in [0.1, 0.15) is 29.6 Å². The second kappa shape index (κ2) is 12.5. The monoisotopic (exact) mass is 790 g/mol. The van der Waals surface area contributed by atoms with Gasteiger partial charge in [-0.05, 0) is 54.7 Å². The molecule has 2 aliphatic rings. The van der Waals surface area contributed by atoms with Gasteiger partial charge in [0.2, 0.25) is 15.9 Å². The van der Waals surface area contributed by atoms with Gasteiger partial charge in [0.15, 0.2) is 5.82 Å². The fraction of sp³-hybridized carbons (Fsp3) is 0.314. The molecule has 54 heavy (non-hydrogen) atoms. The van der Waals surface area contributed by atoms with Crippen molar-refractivity contribution >= 4 is 55.3 Å². The maximum absolute atomic E-state index is 15.3. The van der Waals surface area contributed by atoms with E-state index < -0.39 is 75.7 Å². The Bertz CT molecular complexity index is 2640. The van der Waals surface area contributed by atoms with E-state index in [4.69, 9.17) is 16.6 Å². The highest BCUT2D eigenvalue weighted by molar-refractivity contribution is 7.92. The molecule has 282 valence electrons. The number of nitrogens with zero attached hydrogens (tertiary/aromatic N) is 6. The van der Waals surface area contributed by atoms with E-state index in [2.05, 4.69) is 20.2 Å². The quantitative estimate of drug-likeness (QED) is 0.146. The van der Waals surface area contributed by atoms with Crippen LogP contribution in [0.2, 0.25) is 5.02 Å².